The van der Waals surface area contributed by atoms with E-state index in [1.807, 2.05) is 19.1 Å². The van der Waals surface area contributed by atoms with Crippen LogP contribution < -0.4 is 0 Å². The van der Waals surface area contributed by atoms with Crippen molar-refractivity contribution in [3.8, 4) is 0 Å². The van der Waals surface area contributed by atoms with Gasteiger partial charge in [0.25, 0.3) is 5.91 Å². The fraction of sp³-hybridized carbons (Fsp3) is 0.150. The van der Waals surface area contributed by atoms with E-state index in [1.54, 1.807) is 54.7 Å². The third-order valence-corrected chi connectivity index (χ3v) is 4.00. The number of aryl methyl sites for hydroxylation is 1. The van der Waals surface area contributed by atoms with E-state index in [4.69, 9.17) is 0 Å². The molecular weight excluding hydrogens is 317 g/mol. The third-order valence-electron chi connectivity index (χ3n) is 4.00. The second-order valence-corrected chi connectivity index (χ2v) is 5.82. The number of pyridine rings is 2. The molecule has 0 aliphatic rings. The number of rotatable bonds is 4. The molecule has 5 heteroatoms. The summed E-state index contributed by atoms with van der Waals surface area (Å²) >= 11 is 0. The Hall–Kier alpha value is -3.08. The lowest BCUT2D eigenvalue weighted by atomic mass is 10.0. The van der Waals surface area contributed by atoms with E-state index < -0.39 is 6.04 Å². The molecule has 0 saturated carbocycles. The molecule has 0 aliphatic heterocycles. The van der Waals surface area contributed by atoms with E-state index in [9.17, 15) is 9.18 Å². The van der Waals surface area contributed by atoms with Gasteiger partial charge in [0.05, 0.1) is 17.3 Å². The molecular formula is C20H18FN3O. The zero-order chi connectivity index (χ0) is 17.8. The van der Waals surface area contributed by atoms with Crippen molar-refractivity contribution in [1.82, 2.24) is 14.9 Å². The van der Waals surface area contributed by atoms with Gasteiger partial charge in [0.15, 0.2) is 0 Å². The van der Waals surface area contributed by atoms with Gasteiger partial charge in [-0.15, -0.1) is 0 Å². The molecule has 25 heavy (non-hydrogen) atoms. The molecule has 0 saturated heterocycles. The number of nitrogens with zero attached hydrogens (tertiary/aromatic N) is 3. The Morgan fingerprint density at radius 1 is 1.08 bits per heavy atom. The fourth-order valence-electron chi connectivity index (χ4n) is 2.72. The molecule has 2 heterocycles. The van der Waals surface area contributed by atoms with Gasteiger partial charge in [-0.1, -0.05) is 18.2 Å². The summed E-state index contributed by atoms with van der Waals surface area (Å²) in [6.45, 7) is 1.86. The predicted molar refractivity (Wildman–Crippen MR) is 93.5 cm³/mol. The highest BCUT2D eigenvalue weighted by atomic mass is 19.1. The molecule has 0 unspecified atom stereocenters. The topological polar surface area (TPSA) is 46.1 Å². The van der Waals surface area contributed by atoms with Gasteiger partial charge in [0.1, 0.15) is 5.82 Å². The first kappa shape index (κ1) is 16.8. The van der Waals surface area contributed by atoms with Crippen molar-refractivity contribution in [1.29, 1.82) is 0 Å². The second kappa shape index (κ2) is 7.21. The summed E-state index contributed by atoms with van der Waals surface area (Å²) in [5.74, 6) is -0.552. The van der Waals surface area contributed by atoms with Crippen LogP contribution >= 0.6 is 0 Å². The lowest BCUT2D eigenvalue weighted by Gasteiger charge is -2.28. The summed E-state index contributed by atoms with van der Waals surface area (Å²) in [6, 6.07) is 14.7. The summed E-state index contributed by atoms with van der Waals surface area (Å²) in [6.07, 6.45) is 3.21. The van der Waals surface area contributed by atoms with Gasteiger partial charge >= 0.3 is 0 Å². The first-order valence-corrected chi connectivity index (χ1v) is 7.92. The Morgan fingerprint density at radius 2 is 1.92 bits per heavy atom. The summed E-state index contributed by atoms with van der Waals surface area (Å²) in [5, 5.41) is 0. The van der Waals surface area contributed by atoms with Crippen LogP contribution in [0.1, 0.15) is 33.4 Å². The van der Waals surface area contributed by atoms with E-state index in [2.05, 4.69) is 9.97 Å². The maximum Gasteiger partial charge on any atom is 0.255 e. The lowest BCUT2D eigenvalue weighted by Crippen LogP contribution is -2.32. The van der Waals surface area contributed by atoms with Crippen LogP contribution in [-0.2, 0) is 0 Å². The Kier molecular flexibility index (Phi) is 4.84. The lowest BCUT2D eigenvalue weighted by molar-refractivity contribution is 0.0752. The molecule has 2 aromatic heterocycles. The number of halogens is 1. The van der Waals surface area contributed by atoms with E-state index >= 15 is 0 Å². The average molecular weight is 335 g/mol. The molecule has 1 aromatic carbocycles. The summed E-state index contributed by atoms with van der Waals surface area (Å²) < 4.78 is 13.7. The number of hydrogen-bond acceptors (Lipinski definition) is 3. The smallest absolute Gasteiger partial charge is 0.255 e. The SMILES string of the molecule is Cc1ccc(C(=O)N(C)[C@H](c2cccc(F)c2)c2ccccn2)cn1. The van der Waals surface area contributed by atoms with Gasteiger partial charge in [-0.2, -0.15) is 0 Å². The van der Waals surface area contributed by atoms with Crippen LogP contribution in [0.5, 0.6) is 0 Å². The van der Waals surface area contributed by atoms with Gasteiger partial charge in [-0.3, -0.25) is 14.8 Å². The Morgan fingerprint density at radius 3 is 2.56 bits per heavy atom. The van der Waals surface area contributed by atoms with Crippen LogP contribution in [0.2, 0.25) is 0 Å². The molecule has 3 rings (SSSR count). The van der Waals surface area contributed by atoms with E-state index in [1.165, 1.54) is 12.1 Å². The maximum atomic E-state index is 13.7. The Balaban J connectivity index is 2.02. The van der Waals surface area contributed by atoms with Gasteiger partial charge in [0.2, 0.25) is 0 Å². The van der Waals surface area contributed by atoms with Crippen molar-refractivity contribution in [3.63, 3.8) is 0 Å². The van der Waals surface area contributed by atoms with Crippen molar-refractivity contribution >= 4 is 5.91 Å². The fourth-order valence-corrected chi connectivity index (χ4v) is 2.72. The molecule has 126 valence electrons. The molecule has 1 atom stereocenters. The molecule has 0 fully saturated rings. The number of amides is 1. The van der Waals surface area contributed by atoms with Crippen molar-refractivity contribution < 1.29 is 9.18 Å². The van der Waals surface area contributed by atoms with Gasteiger partial charge in [0, 0.05) is 25.1 Å². The van der Waals surface area contributed by atoms with E-state index in [0.717, 1.165) is 5.69 Å². The first-order chi connectivity index (χ1) is 12.1. The summed E-state index contributed by atoms with van der Waals surface area (Å²) in [7, 11) is 1.69. The average Bonchev–Trinajstić information content (AvgIpc) is 2.63. The van der Waals surface area contributed by atoms with Crippen LogP contribution in [0.25, 0.3) is 0 Å². The number of carbonyl (C=O) groups excluding carboxylic acids is 1. The largest absolute Gasteiger partial charge is 0.329 e. The van der Waals surface area contributed by atoms with Crippen LogP contribution in [0, 0.1) is 12.7 Å². The summed E-state index contributed by atoms with van der Waals surface area (Å²) in [4.78, 5) is 23.0. The van der Waals surface area contributed by atoms with E-state index in [0.29, 0.717) is 16.8 Å². The minimum Gasteiger partial charge on any atom is -0.329 e. The molecule has 3 aromatic rings. The van der Waals surface area contributed by atoms with Gasteiger partial charge < -0.3 is 4.90 Å². The molecule has 1 amide bonds. The van der Waals surface area contributed by atoms with Crippen LogP contribution in [0.15, 0.2) is 67.0 Å². The zero-order valence-corrected chi connectivity index (χ0v) is 14.1. The van der Waals surface area contributed by atoms with Gasteiger partial charge in [-0.05, 0) is 48.9 Å². The van der Waals surface area contributed by atoms with Crippen LogP contribution in [0.3, 0.4) is 0 Å². The number of carbonyl (C=O) groups is 1. The molecule has 0 radical (unpaired) electrons. The quantitative estimate of drug-likeness (QED) is 0.729. The summed E-state index contributed by atoms with van der Waals surface area (Å²) in [5.41, 5.74) is 2.65. The number of aromatic nitrogens is 2. The van der Waals surface area contributed by atoms with Crippen molar-refractivity contribution in [3.05, 3.63) is 95.3 Å². The zero-order valence-electron chi connectivity index (χ0n) is 14.1. The second-order valence-electron chi connectivity index (χ2n) is 5.82. The third kappa shape index (κ3) is 3.71. The van der Waals surface area contributed by atoms with Crippen molar-refractivity contribution in [2.24, 2.45) is 0 Å². The normalized spacial score (nSPS) is 11.8. The molecule has 4 nitrogen and oxygen atoms in total. The highest BCUT2D eigenvalue weighted by Crippen LogP contribution is 2.27. The monoisotopic (exact) mass is 335 g/mol. The minimum absolute atomic E-state index is 0.201. The minimum atomic E-state index is -0.495. The highest BCUT2D eigenvalue weighted by molar-refractivity contribution is 5.94. The number of hydrogen-bond donors (Lipinski definition) is 0. The van der Waals surface area contributed by atoms with Gasteiger partial charge in [-0.25, -0.2) is 4.39 Å². The van der Waals surface area contributed by atoms with E-state index in [-0.39, 0.29) is 11.7 Å². The molecule has 0 bridgehead atoms. The maximum absolute atomic E-state index is 13.7. The highest BCUT2D eigenvalue weighted by Gasteiger charge is 2.26. The predicted octanol–water partition coefficient (Wildman–Crippen LogP) is 3.79. The molecule has 0 N–H and O–H groups in total. The Bertz CT molecular complexity index is 866. The van der Waals surface area contributed by atoms with Crippen LogP contribution in [0.4, 0.5) is 4.39 Å². The van der Waals surface area contributed by atoms with Crippen molar-refractivity contribution in [2.45, 2.75) is 13.0 Å². The first-order valence-electron chi connectivity index (χ1n) is 7.92. The molecule has 0 aliphatic carbocycles. The van der Waals surface area contributed by atoms with Crippen LogP contribution in [-0.4, -0.2) is 27.8 Å². The Labute approximate surface area is 146 Å². The molecule has 0 spiro atoms. The number of benzene rings is 1. The van der Waals surface area contributed by atoms with Crippen molar-refractivity contribution in [2.75, 3.05) is 7.05 Å². The standard InChI is InChI=1S/C20H18FN3O/c1-14-9-10-16(13-23-14)20(25)24(2)19(18-8-3-4-11-22-18)15-6-5-7-17(21)12-15/h3-13,19H,1-2H3/t19-/m1/s1.